The Hall–Kier alpha value is -5.28. The fourth-order valence-electron chi connectivity index (χ4n) is 9.34. The molecule has 4 N–H and O–H groups in total. The maximum atomic E-state index is 14.9. The number of carbonyl (C=O) groups excluding carboxylic acids is 9. The number of nitrogens with zero attached hydrogens (tertiary/aromatic N) is 6. The van der Waals surface area contributed by atoms with Gasteiger partial charge in [0.15, 0.2) is 0 Å². The number of benzene rings is 1. The molecule has 0 aliphatic carbocycles. The van der Waals surface area contributed by atoms with E-state index >= 15 is 0 Å². The Kier molecular flexibility index (Phi) is 25.7. The Morgan fingerprint density at radius 2 is 1.25 bits per heavy atom. The average Bonchev–Trinajstić information content (AvgIpc) is 3.36. The SMILES string of the molecule is CC[C@H](C)[C@H]1C(=O)N[C@H](C(=O)N2CCCCC2)CSCC(=O)N(C)[C@@H](Cc2ccccc2)C(=O)N(C)[C@@H](CC(C)C)C(=O)N[C@@H]([C@@H](C)O)C(=O)N(C)CC(=O)N(C)[C@@H](CC(C)C)C(=O)N[C@@H](COC(C)(C)C)C(=O)N1C. The van der Waals surface area contributed by atoms with Crippen LogP contribution < -0.4 is 16.0 Å². The number of carbonyl (C=O) groups is 9. The van der Waals surface area contributed by atoms with Crippen LogP contribution in [0, 0.1) is 17.8 Å². The molecule has 428 valence electrons. The zero-order valence-electron chi connectivity index (χ0n) is 48.1. The van der Waals surface area contributed by atoms with Crippen LogP contribution in [-0.4, -0.2) is 215 Å². The van der Waals surface area contributed by atoms with Gasteiger partial charge < -0.3 is 55.2 Å². The third-order valence-electron chi connectivity index (χ3n) is 14.2. The lowest BCUT2D eigenvalue weighted by atomic mass is 9.95. The summed E-state index contributed by atoms with van der Waals surface area (Å²) in [4.78, 5) is 138. The van der Waals surface area contributed by atoms with E-state index < -0.39 is 114 Å². The zero-order chi connectivity index (χ0) is 57.4. The van der Waals surface area contributed by atoms with Gasteiger partial charge in [0.25, 0.3) is 0 Å². The zero-order valence-corrected chi connectivity index (χ0v) is 48.9. The summed E-state index contributed by atoms with van der Waals surface area (Å²) in [6, 6.07) is 0.464. The lowest BCUT2D eigenvalue weighted by Crippen LogP contribution is -2.62. The molecule has 2 heterocycles. The van der Waals surface area contributed by atoms with Crippen molar-refractivity contribution in [3.05, 3.63) is 35.9 Å². The van der Waals surface area contributed by atoms with Gasteiger partial charge in [-0.2, -0.15) is 0 Å². The van der Waals surface area contributed by atoms with E-state index in [0.717, 1.165) is 41.5 Å². The van der Waals surface area contributed by atoms with Crippen LogP contribution in [-0.2, 0) is 54.3 Å². The number of piperidine rings is 1. The minimum atomic E-state index is -1.56. The van der Waals surface area contributed by atoms with E-state index in [1.54, 1.807) is 25.7 Å². The lowest BCUT2D eigenvalue weighted by molar-refractivity contribution is -0.150. The predicted molar refractivity (Wildman–Crippen MR) is 293 cm³/mol. The van der Waals surface area contributed by atoms with Gasteiger partial charge in [-0.25, -0.2) is 0 Å². The first kappa shape index (κ1) is 65.0. The summed E-state index contributed by atoms with van der Waals surface area (Å²) in [5.41, 5.74) is -0.0281. The smallest absolute Gasteiger partial charge is 0.248 e. The monoisotopic (exact) mass is 1090 g/mol. The molecule has 20 nitrogen and oxygen atoms in total. The Bertz CT molecular complexity index is 2130. The number of aliphatic hydroxyl groups excluding tert-OH is 1. The summed E-state index contributed by atoms with van der Waals surface area (Å²) < 4.78 is 6.10. The molecule has 2 fully saturated rings. The summed E-state index contributed by atoms with van der Waals surface area (Å²) in [6.45, 7) is 17.9. The van der Waals surface area contributed by atoms with Crippen LogP contribution in [0.4, 0.5) is 0 Å². The Labute approximate surface area is 456 Å². The summed E-state index contributed by atoms with van der Waals surface area (Å²) in [5.74, 6) is -6.52. The highest BCUT2D eigenvalue weighted by Gasteiger charge is 2.42. The van der Waals surface area contributed by atoms with E-state index in [1.165, 1.54) is 61.8 Å². The van der Waals surface area contributed by atoms with Crippen LogP contribution in [0.15, 0.2) is 30.3 Å². The highest BCUT2D eigenvalue weighted by Crippen LogP contribution is 2.22. The molecule has 2 aliphatic heterocycles. The van der Waals surface area contributed by atoms with Crippen molar-refractivity contribution < 1.29 is 53.0 Å². The van der Waals surface area contributed by atoms with Crippen LogP contribution in [0.3, 0.4) is 0 Å². The van der Waals surface area contributed by atoms with Crippen molar-refractivity contribution in [1.29, 1.82) is 0 Å². The minimum absolute atomic E-state index is 0.0285. The standard InChI is InChI=1S/C55H91N9O11S/c1-16-36(6)47-50(70)57-40(52(72)64-25-21-18-22-26-64)32-76-33-45(67)61(13)43(29-38-23-19-17-20-24-38)53(73)62(14)42(28-35(4)5)49(69)58-46(37(7)65)54(74)59(11)30-44(66)60(12)41(27-34(2)3)48(68)56-39(51(71)63(47)15)31-75-55(8,9)10/h17,19-20,23-24,34-37,39-43,46-47,65H,16,18,21-22,25-33H2,1-15H3,(H,56,68)(H,57,70)(H,58,69)/t36-,37+,39-,40-,41-,42-,43-,46-,47-/m0/s1. The Balaban J connectivity index is 2.26. The van der Waals surface area contributed by atoms with Gasteiger partial charge in [0.1, 0.15) is 42.3 Å². The molecule has 0 aromatic heterocycles. The molecule has 9 atom stereocenters. The Morgan fingerprint density at radius 3 is 1.79 bits per heavy atom. The number of amides is 9. The number of aliphatic hydroxyl groups is 1. The van der Waals surface area contributed by atoms with Crippen molar-refractivity contribution >= 4 is 64.9 Å². The van der Waals surface area contributed by atoms with Crippen molar-refractivity contribution in [1.82, 2.24) is 45.3 Å². The van der Waals surface area contributed by atoms with Crippen LogP contribution in [0.5, 0.6) is 0 Å². The molecule has 0 bridgehead atoms. The van der Waals surface area contributed by atoms with Crippen molar-refractivity contribution in [2.45, 2.75) is 168 Å². The highest BCUT2D eigenvalue weighted by atomic mass is 32.2. The molecule has 0 saturated carbocycles. The number of ether oxygens (including phenoxy) is 1. The topological polar surface area (TPSA) is 239 Å². The third kappa shape index (κ3) is 19.0. The fraction of sp³-hybridized carbons (Fsp3) is 0.727. The van der Waals surface area contributed by atoms with Gasteiger partial charge in [-0.15, -0.1) is 11.8 Å². The molecule has 2 saturated heterocycles. The number of likely N-dealkylation sites (tertiary alicyclic amines) is 1. The summed E-state index contributed by atoms with van der Waals surface area (Å²) in [6.07, 6.45) is 1.86. The van der Waals surface area contributed by atoms with E-state index in [9.17, 15) is 48.3 Å². The Morgan fingerprint density at radius 1 is 0.697 bits per heavy atom. The maximum Gasteiger partial charge on any atom is 0.248 e. The van der Waals surface area contributed by atoms with E-state index in [4.69, 9.17) is 4.74 Å². The first-order valence-electron chi connectivity index (χ1n) is 26.9. The van der Waals surface area contributed by atoms with Crippen LogP contribution >= 0.6 is 11.8 Å². The van der Waals surface area contributed by atoms with Gasteiger partial charge in [0, 0.05) is 60.5 Å². The highest BCUT2D eigenvalue weighted by molar-refractivity contribution is 8.00. The predicted octanol–water partition coefficient (Wildman–Crippen LogP) is 2.54. The molecule has 1 aromatic rings. The van der Waals surface area contributed by atoms with Gasteiger partial charge in [-0.1, -0.05) is 78.3 Å². The molecule has 21 heteroatoms. The number of hydrogen-bond acceptors (Lipinski definition) is 12. The fourth-order valence-corrected chi connectivity index (χ4v) is 10.3. The molecule has 2 aliphatic rings. The molecule has 76 heavy (non-hydrogen) atoms. The molecule has 1 aromatic carbocycles. The molecule has 0 radical (unpaired) electrons. The first-order chi connectivity index (χ1) is 35.5. The van der Waals surface area contributed by atoms with Crippen molar-refractivity contribution in [2.24, 2.45) is 17.8 Å². The number of rotatable bonds is 12. The average molecular weight is 1090 g/mol. The molecule has 3 rings (SSSR count). The quantitative estimate of drug-likeness (QED) is 0.236. The number of hydrogen-bond donors (Lipinski definition) is 4. The third-order valence-corrected chi connectivity index (χ3v) is 15.2. The van der Waals surface area contributed by atoms with Crippen molar-refractivity contribution in [2.75, 3.05) is 73.0 Å². The number of likely N-dealkylation sites (N-methyl/N-ethyl adjacent to an activating group) is 5. The van der Waals surface area contributed by atoms with Crippen LogP contribution in [0.1, 0.15) is 113 Å². The minimum Gasteiger partial charge on any atom is -0.391 e. The second-order valence-corrected chi connectivity index (χ2v) is 23.6. The van der Waals surface area contributed by atoms with Gasteiger partial charge in [0.05, 0.1) is 30.6 Å². The molecular weight excluding hydrogens is 995 g/mol. The van der Waals surface area contributed by atoms with Gasteiger partial charge in [-0.05, 0) is 83.1 Å². The van der Waals surface area contributed by atoms with Gasteiger partial charge in [-0.3, -0.25) is 43.2 Å². The van der Waals surface area contributed by atoms with Gasteiger partial charge >= 0.3 is 0 Å². The van der Waals surface area contributed by atoms with Gasteiger partial charge in [0.2, 0.25) is 53.2 Å². The summed E-state index contributed by atoms with van der Waals surface area (Å²) in [7, 11) is 7.16. The normalized spacial score (nSPS) is 25.6. The largest absolute Gasteiger partial charge is 0.391 e. The number of thioether (sulfide) groups is 1. The molecule has 0 spiro atoms. The summed E-state index contributed by atoms with van der Waals surface area (Å²) >= 11 is 1.11. The second kappa shape index (κ2) is 30.0. The maximum absolute atomic E-state index is 14.9. The van der Waals surface area contributed by atoms with Crippen molar-refractivity contribution in [3.8, 4) is 0 Å². The van der Waals surface area contributed by atoms with Crippen LogP contribution in [0.25, 0.3) is 0 Å². The molecule has 0 unspecified atom stereocenters. The van der Waals surface area contributed by atoms with E-state index in [1.807, 2.05) is 71.9 Å². The van der Waals surface area contributed by atoms with Crippen molar-refractivity contribution in [3.63, 3.8) is 0 Å². The van der Waals surface area contributed by atoms with Crippen LogP contribution in [0.2, 0.25) is 0 Å². The number of nitrogens with one attached hydrogen (secondary N) is 3. The van der Waals surface area contributed by atoms with E-state index in [-0.39, 0.29) is 55.1 Å². The van der Waals surface area contributed by atoms with E-state index in [2.05, 4.69) is 16.0 Å². The molecule has 9 amide bonds. The molecular formula is C55H91N9O11S. The van der Waals surface area contributed by atoms with E-state index in [0.29, 0.717) is 19.5 Å². The summed E-state index contributed by atoms with van der Waals surface area (Å²) in [5, 5.41) is 19.5. The lowest BCUT2D eigenvalue weighted by Gasteiger charge is -2.37. The second-order valence-electron chi connectivity index (χ2n) is 22.6. The first-order valence-corrected chi connectivity index (χ1v) is 28.1.